The molecule has 6 aromatic rings. The van der Waals surface area contributed by atoms with Gasteiger partial charge < -0.3 is 0 Å². The number of hydrogen-bond acceptors (Lipinski definition) is 10. The second kappa shape index (κ2) is 15.2. The first kappa shape index (κ1) is 40.4. The zero-order valence-corrected chi connectivity index (χ0v) is 31.1. The highest BCUT2D eigenvalue weighted by molar-refractivity contribution is 6.31. The maximum absolute atomic E-state index is 14.3. The number of aliphatic imine (C=N–C) groups is 2. The predicted octanol–water partition coefficient (Wildman–Crippen LogP) is 11.3. The molecule has 2 aliphatic rings. The van der Waals surface area contributed by atoms with Crippen molar-refractivity contribution >= 4 is 57.1 Å². The molecule has 0 bridgehead atoms. The minimum absolute atomic E-state index is 0.0764. The molecule has 0 radical (unpaired) electrons. The summed E-state index contributed by atoms with van der Waals surface area (Å²) in [5.74, 6) is -11.3. The van der Waals surface area contributed by atoms with Crippen LogP contribution in [-0.4, -0.2) is 31.1 Å². The van der Waals surface area contributed by atoms with Crippen LogP contribution in [0.2, 0.25) is 5.02 Å². The lowest BCUT2D eigenvalue weighted by atomic mass is 10.0. The van der Waals surface area contributed by atoms with Gasteiger partial charge in [0.1, 0.15) is 5.69 Å². The standard InChI is InChI=1S/C20H12ClN3O4.C20H8F5N3O4/c1-11-5-6-15-16(7-11)20(22-13-4-2-3-12(21)8-13)17-9-14(23(25)26)10-18(19(15)17)24(27)28;1-7-2-3-9-10(4-7)19(26-20-17(24)15(22)14(21)16(23)18(20)25)11-5-8(27(29)30)6-12(13(9)11)28(31)32/h2-10H,1H3;2-6H,1H3. The largest absolute Gasteiger partial charge is 0.284 e. The molecule has 6 aromatic carbocycles. The maximum atomic E-state index is 14.3. The number of hydrogen-bond donors (Lipinski definition) is 0. The van der Waals surface area contributed by atoms with Gasteiger partial charge in [0.05, 0.1) is 60.1 Å². The molecule has 0 saturated carbocycles. The van der Waals surface area contributed by atoms with Crippen molar-refractivity contribution < 1.29 is 41.6 Å². The van der Waals surface area contributed by atoms with Crippen LogP contribution in [0.5, 0.6) is 0 Å². The predicted molar refractivity (Wildman–Crippen MR) is 208 cm³/mol. The zero-order chi connectivity index (χ0) is 43.5. The summed E-state index contributed by atoms with van der Waals surface area (Å²) in [7, 11) is 0. The molecular formula is C40H20ClF5N6O8. The number of nitro benzene ring substituents is 4. The number of nitro groups is 4. The molecule has 0 fully saturated rings. The minimum Gasteiger partial charge on any atom is -0.258 e. The fraction of sp³-hybridized carbons (Fsp3) is 0.0500. The quantitative estimate of drug-likeness (QED) is 0.0517. The molecule has 0 atom stereocenters. The molecule has 0 amide bonds. The first-order chi connectivity index (χ1) is 28.4. The van der Waals surface area contributed by atoms with Gasteiger partial charge in [-0.3, -0.25) is 40.5 Å². The molecule has 300 valence electrons. The molecule has 20 heteroatoms. The van der Waals surface area contributed by atoms with Crippen molar-refractivity contribution in [3.63, 3.8) is 0 Å². The van der Waals surface area contributed by atoms with Crippen LogP contribution in [0.25, 0.3) is 22.3 Å². The average Bonchev–Trinajstić information content (AvgIpc) is 3.67. The molecular weight excluding hydrogens is 823 g/mol. The van der Waals surface area contributed by atoms with Crippen molar-refractivity contribution in [2.75, 3.05) is 0 Å². The molecule has 2 aliphatic carbocycles. The smallest absolute Gasteiger partial charge is 0.258 e. The Kier molecular flexibility index (Phi) is 10.2. The van der Waals surface area contributed by atoms with E-state index < -0.39 is 71.6 Å². The van der Waals surface area contributed by atoms with E-state index in [2.05, 4.69) is 9.98 Å². The van der Waals surface area contributed by atoms with Crippen molar-refractivity contribution in [3.8, 4) is 22.3 Å². The molecule has 0 aliphatic heterocycles. The van der Waals surface area contributed by atoms with Gasteiger partial charge in [-0.2, -0.15) is 0 Å². The first-order valence-electron chi connectivity index (χ1n) is 17.0. The fourth-order valence-electron chi connectivity index (χ4n) is 6.82. The molecule has 0 N–H and O–H groups in total. The molecule has 0 spiro atoms. The van der Waals surface area contributed by atoms with Crippen LogP contribution in [0.1, 0.15) is 33.4 Å². The fourth-order valence-corrected chi connectivity index (χ4v) is 7.00. The van der Waals surface area contributed by atoms with Gasteiger partial charge in [-0.1, -0.05) is 53.1 Å². The van der Waals surface area contributed by atoms with E-state index in [1.54, 1.807) is 43.3 Å². The number of nitrogens with zero attached hydrogens (tertiary/aromatic N) is 6. The van der Waals surface area contributed by atoms with Gasteiger partial charge >= 0.3 is 0 Å². The van der Waals surface area contributed by atoms with E-state index in [4.69, 9.17) is 11.6 Å². The normalized spacial score (nSPS) is 13.3. The topological polar surface area (TPSA) is 197 Å². The molecule has 8 rings (SSSR count). The van der Waals surface area contributed by atoms with Crippen molar-refractivity contribution in [3.05, 3.63) is 193 Å². The summed E-state index contributed by atoms with van der Waals surface area (Å²) < 4.78 is 69.2. The third-order valence-corrected chi connectivity index (χ3v) is 9.62. The third kappa shape index (κ3) is 6.95. The molecule has 14 nitrogen and oxygen atoms in total. The first-order valence-corrected chi connectivity index (χ1v) is 17.4. The van der Waals surface area contributed by atoms with E-state index in [0.717, 1.165) is 17.7 Å². The van der Waals surface area contributed by atoms with Gasteiger partial charge in [-0.05, 0) is 55.3 Å². The Labute approximate surface area is 337 Å². The van der Waals surface area contributed by atoms with Crippen LogP contribution in [0.3, 0.4) is 0 Å². The van der Waals surface area contributed by atoms with Gasteiger partial charge in [0.25, 0.3) is 22.7 Å². The van der Waals surface area contributed by atoms with Crippen molar-refractivity contribution in [2.45, 2.75) is 13.8 Å². The van der Waals surface area contributed by atoms with Crippen molar-refractivity contribution in [1.29, 1.82) is 0 Å². The van der Waals surface area contributed by atoms with Crippen molar-refractivity contribution in [1.82, 2.24) is 0 Å². The lowest BCUT2D eigenvalue weighted by Gasteiger charge is -2.07. The SMILES string of the molecule is Cc1ccc2c(c1)C(=Nc1c(F)c(F)c(F)c(F)c1F)c1cc([N+](=O)[O-])cc([N+](=O)[O-])c1-2.Cc1ccc2c(c1)C(=Nc1cccc(Cl)c1)c1cc([N+](=O)[O-])cc([N+](=O)[O-])c1-2. The Balaban J connectivity index is 0.000000183. The second-order valence-corrected chi connectivity index (χ2v) is 13.7. The summed E-state index contributed by atoms with van der Waals surface area (Å²) in [6.07, 6.45) is 0. The monoisotopic (exact) mass is 842 g/mol. The zero-order valence-electron chi connectivity index (χ0n) is 30.3. The second-order valence-electron chi connectivity index (χ2n) is 13.2. The molecule has 0 saturated heterocycles. The van der Waals surface area contributed by atoms with Crippen LogP contribution in [0.15, 0.2) is 94.9 Å². The van der Waals surface area contributed by atoms with Crippen LogP contribution in [0, 0.1) is 83.4 Å². The van der Waals surface area contributed by atoms with Crippen LogP contribution >= 0.6 is 11.6 Å². The lowest BCUT2D eigenvalue weighted by molar-refractivity contribution is -0.394. The van der Waals surface area contributed by atoms with E-state index in [9.17, 15) is 62.4 Å². The highest BCUT2D eigenvalue weighted by atomic mass is 35.5. The Hall–Kier alpha value is -7.80. The lowest BCUT2D eigenvalue weighted by Crippen LogP contribution is -2.05. The number of non-ortho nitro benzene ring substituents is 2. The Morgan fingerprint density at radius 1 is 0.483 bits per heavy atom. The summed E-state index contributed by atoms with van der Waals surface area (Å²) in [5.41, 5.74) is 0.414. The van der Waals surface area contributed by atoms with Crippen LogP contribution < -0.4 is 0 Å². The van der Waals surface area contributed by atoms with Gasteiger partial charge in [0, 0.05) is 39.4 Å². The van der Waals surface area contributed by atoms with Gasteiger partial charge in [-0.15, -0.1) is 0 Å². The summed E-state index contributed by atoms with van der Waals surface area (Å²) in [4.78, 5) is 51.1. The van der Waals surface area contributed by atoms with Crippen LogP contribution in [-0.2, 0) is 0 Å². The summed E-state index contributed by atoms with van der Waals surface area (Å²) in [5, 5.41) is 46.4. The number of halogens is 6. The molecule has 60 heavy (non-hydrogen) atoms. The van der Waals surface area contributed by atoms with Gasteiger partial charge in [0.2, 0.25) is 5.82 Å². The number of fused-ring (bicyclic) bond motifs is 6. The number of aryl methyl sites for hydroxylation is 2. The summed E-state index contributed by atoms with van der Waals surface area (Å²) in [6, 6.07) is 20.7. The maximum Gasteiger partial charge on any atom is 0.284 e. The van der Waals surface area contributed by atoms with E-state index >= 15 is 0 Å². The van der Waals surface area contributed by atoms with Crippen LogP contribution in [0.4, 0.5) is 56.1 Å². The third-order valence-electron chi connectivity index (χ3n) is 9.39. The van der Waals surface area contributed by atoms with Crippen molar-refractivity contribution in [2.24, 2.45) is 9.98 Å². The highest BCUT2D eigenvalue weighted by Crippen LogP contribution is 2.48. The Morgan fingerprint density at radius 3 is 1.33 bits per heavy atom. The molecule has 0 unspecified atom stereocenters. The molecule has 0 aromatic heterocycles. The summed E-state index contributed by atoms with van der Waals surface area (Å²) >= 11 is 6.04. The Morgan fingerprint density at radius 2 is 0.917 bits per heavy atom. The van der Waals surface area contributed by atoms with E-state index in [0.29, 0.717) is 50.3 Å². The average molecular weight is 843 g/mol. The highest BCUT2D eigenvalue weighted by Gasteiger charge is 2.37. The van der Waals surface area contributed by atoms with Gasteiger partial charge in [-0.25, -0.2) is 31.9 Å². The minimum atomic E-state index is -2.38. The van der Waals surface area contributed by atoms with E-state index in [1.165, 1.54) is 18.2 Å². The number of benzene rings is 6. The van der Waals surface area contributed by atoms with Gasteiger partial charge in [0.15, 0.2) is 23.3 Å². The number of rotatable bonds is 6. The molecule has 0 heterocycles. The Bertz CT molecular complexity index is 2990. The van der Waals surface area contributed by atoms with E-state index in [-0.39, 0.29) is 33.6 Å². The summed E-state index contributed by atoms with van der Waals surface area (Å²) in [6.45, 7) is 3.52. The van der Waals surface area contributed by atoms with E-state index in [1.807, 2.05) is 19.1 Å².